The van der Waals surface area contributed by atoms with Gasteiger partial charge in [-0.25, -0.2) is 0 Å². The highest BCUT2D eigenvalue weighted by Crippen LogP contribution is 2.16. The third-order valence-electron chi connectivity index (χ3n) is 4.31. The molecule has 2 N–H and O–H groups in total. The number of carbonyl (C=O) groups is 1. The summed E-state index contributed by atoms with van der Waals surface area (Å²) in [5.74, 6) is 1.01. The summed E-state index contributed by atoms with van der Waals surface area (Å²) in [6.07, 6.45) is 5.01. The summed E-state index contributed by atoms with van der Waals surface area (Å²) in [5.41, 5.74) is 0. The molecule has 2 aliphatic rings. The number of hydrogen-bond acceptors (Lipinski definition) is 3. The number of amides is 1. The van der Waals surface area contributed by atoms with E-state index in [1.54, 1.807) is 0 Å². The lowest BCUT2D eigenvalue weighted by Crippen LogP contribution is -2.49. The molecule has 0 aliphatic carbocycles. The van der Waals surface area contributed by atoms with Gasteiger partial charge in [0.15, 0.2) is 0 Å². The number of nitrogens with zero attached hydrogens (tertiary/aromatic N) is 1. The van der Waals surface area contributed by atoms with Gasteiger partial charge in [-0.2, -0.15) is 0 Å². The average molecular weight is 267 g/mol. The largest absolute Gasteiger partial charge is 0.352 e. The first-order valence-corrected chi connectivity index (χ1v) is 7.88. The molecule has 4 heteroatoms. The second-order valence-electron chi connectivity index (χ2n) is 6.47. The summed E-state index contributed by atoms with van der Waals surface area (Å²) in [7, 11) is 0. The fraction of sp³-hybridized carbons (Fsp3) is 0.933. The van der Waals surface area contributed by atoms with Crippen molar-refractivity contribution in [3.05, 3.63) is 0 Å². The number of hydrogen-bond donors (Lipinski definition) is 2. The van der Waals surface area contributed by atoms with Crippen LogP contribution in [0.15, 0.2) is 0 Å². The zero-order valence-corrected chi connectivity index (χ0v) is 12.5. The van der Waals surface area contributed by atoms with Crippen molar-refractivity contribution in [3.63, 3.8) is 0 Å². The van der Waals surface area contributed by atoms with Crippen LogP contribution >= 0.6 is 0 Å². The SMILES string of the molecule is CC1CNCC(C(=O)NC(C)CN2CCCCC2)C1. The van der Waals surface area contributed by atoms with Crippen LogP contribution in [-0.2, 0) is 4.79 Å². The fourth-order valence-electron chi connectivity index (χ4n) is 3.29. The minimum Gasteiger partial charge on any atom is -0.352 e. The van der Waals surface area contributed by atoms with E-state index in [2.05, 4.69) is 29.4 Å². The lowest BCUT2D eigenvalue weighted by molar-refractivity contribution is -0.126. The highest BCUT2D eigenvalue weighted by Gasteiger charge is 2.26. The smallest absolute Gasteiger partial charge is 0.224 e. The van der Waals surface area contributed by atoms with Crippen molar-refractivity contribution < 1.29 is 4.79 Å². The summed E-state index contributed by atoms with van der Waals surface area (Å²) in [6, 6.07) is 0.267. The molecule has 1 amide bonds. The molecule has 0 aromatic heterocycles. The van der Waals surface area contributed by atoms with Gasteiger partial charge in [0.05, 0.1) is 5.92 Å². The second-order valence-corrected chi connectivity index (χ2v) is 6.47. The normalized spacial score (nSPS) is 30.8. The van der Waals surface area contributed by atoms with Crippen LogP contribution in [0.4, 0.5) is 0 Å². The molecular weight excluding hydrogens is 238 g/mol. The zero-order chi connectivity index (χ0) is 13.7. The van der Waals surface area contributed by atoms with Gasteiger partial charge in [-0.15, -0.1) is 0 Å². The van der Waals surface area contributed by atoms with E-state index in [0.29, 0.717) is 5.92 Å². The van der Waals surface area contributed by atoms with Crippen LogP contribution in [0.3, 0.4) is 0 Å². The maximum absolute atomic E-state index is 12.2. The maximum Gasteiger partial charge on any atom is 0.224 e. The molecule has 2 rings (SSSR count). The van der Waals surface area contributed by atoms with Crippen molar-refractivity contribution in [2.45, 2.75) is 45.6 Å². The Morgan fingerprint density at radius 3 is 2.74 bits per heavy atom. The number of carbonyl (C=O) groups excluding carboxylic acids is 1. The van der Waals surface area contributed by atoms with Crippen molar-refractivity contribution in [1.29, 1.82) is 0 Å². The minimum absolute atomic E-state index is 0.160. The highest BCUT2D eigenvalue weighted by atomic mass is 16.2. The van der Waals surface area contributed by atoms with E-state index in [9.17, 15) is 4.79 Å². The Bertz CT molecular complexity index is 289. The number of piperidine rings is 2. The molecule has 0 saturated carbocycles. The van der Waals surface area contributed by atoms with Crippen molar-refractivity contribution >= 4 is 5.91 Å². The monoisotopic (exact) mass is 267 g/mol. The molecule has 2 saturated heterocycles. The number of nitrogens with one attached hydrogen (secondary N) is 2. The van der Waals surface area contributed by atoms with Gasteiger partial charge in [-0.05, 0) is 51.7 Å². The minimum atomic E-state index is 0.160. The fourth-order valence-corrected chi connectivity index (χ4v) is 3.29. The molecule has 2 aliphatic heterocycles. The van der Waals surface area contributed by atoms with Gasteiger partial charge in [0.1, 0.15) is 0 Å². The van der Waals surface area contributed by atoms with Crippen molar-refractivity contribution in [3.8, 4) is 0 Å². The molecule has 3 atom stereocenters. The Kier molecular flexibility index (Phi) is 5.64. The maximum atomic E-state index is 12.2. The topological polar surface area (TPSA) is 44.4 Å². The molecule has 0 bridgehead atoms. The van der Waals surface area contributed by atoms with Crippen molar-refractivity contribution in [1.82, 2.24) is 15.5 Å². The Morgan fingerprint density at radius 2 is 2.05 bits per heavy atom. The molecule has 19 heavy (non-hydrogen) atoms. The third kappa shape index (κ3) is 4.77. The van der Waals surface area contributed by atoms with E-state index < -0.39 is 0 Å². The summed E-state index contributed by atoms with van der Waals surface area (Å²) in [4.78, 5) is 14.7. The summed E-state index contributed by atoms with van der Waals surface area (Å²) >= 11 is 0. The van der Waals surface area contributed by atoms with Gasteiger partial charge in [-0.1, -0.05) is 13.3 Å². The molecule has 3 unspecified atom stereocenters. The van der Waals surface area contributed by atoms with Crippen LogP contribution < -0.4 is 10.6 Å². The predicted octanol–water partition coefficient (Wildman–Crippen LogP) is 1.22. The first-order chi connectivity index (χ1) is 9.15. The van der Waals surface area contributed by atoms with E-state index in [4.69, 9.17) is 0 Å². The molecular formula is C15H29N3O. The molecule has 110 valence electrons. The number of rotatable bonds is 4. The Morgan fingerprint density at radius 1 is 1.32 bits per heavy atom. The highest BCUT2D eigenvalue weighted by molar-refractivity contribution is 5.79. The third-order valence-corrected chi connectivity index (χ3v) is 4.31. The molecule has 2 fully saturated rings. The Balaban J connectivity index is 1.71. The van der Waals surface area contributed by atoms with Crippen molar-refractivity contribution in [2.24, 2.45) is 11.8 Å². The van der Waals surface area contributed by atoms with E-state index in [1.165, 1.54) is 32.4 Å². The van der Waals surface area contributed by atoms with Crippen LogP contribution in [0, 0.1) is 11.8 Å². The van der Waals surface area contributed by atoms with Crippen LogP contribution in [0.2, 0.25) is 0 Å². The molecule has 0 spiro atoms. The van der Waals surface area contributed by atoms with E-state index in [1.807, 2.05) is 0 Å². The van der Waals surface area contributed by atoms with Gasteiger partial charge < -0.3 is 15.5 Å². The lowest BCUT2D eigenvalue weighted by Gasteiger charge is -2.31. The summed E-state index contributed by atoms with van der Waals surface area (Å²) in [5, 5.41) is 6.55. The van der Waals surface area contributed by atoms with Crippen LogP contribution in [0.25, 0.3) is 0 Å². The quantitative estimate of drug-likeness (QED) is 0.805. The lowest BCUT2D eigenvalue weighted by atomic mass is 9.91. The molecule has 2 heterocycles. The first-order valence-electron chi connectivity index (χ1n) is 7.88. The first kappa shape index (κ1) is 14.8. The van der Waals surface area contributed by atoms with Gasteiger partial charge >= 0.3 is 0 Å². The average Bonchev–Trinajstić information content (AvgIpc) is 2.39. The van der Waals surface area contributed by atoms with Crippen molar-refractivity contribution in [2.75, 3.05) is 32.7 Å². The van der Waals surface area contributed by atoms with Gasteiger partial charge in [-0.3, -0.25) is 4.79 Å². The molecule has 4 nitrogen and oxygen atoms in total. The Labute approximate surface area is 117 Å². The molecule has 0 aromatic rings. The van der Waals surface area contributed by atoms with Crippen LogP contribution in [0.5, 0.6) is 0 Å². The van der Waals surface area contributed by atoms with Gasteiger partial charge in [0.25, 0.3) is 0 Å². The second kappa shape index (κ2) is 7.25. The summed E-state index contributed by atoms with van der Waals surface area (Å²) < 4.78 is 0. The number of likely N-dealkylation sites (tertiary alicyclic amines) is 1. The van der Waals surface area contributed by atoms with E-state index in [-0.39, 0.29) is 17.9 Å². The molecule has 0 radical (unpaired) electrons. The van der Waals surface area contributed by atoms with Crippen LogP contribution in [-0.4, -0.2) is 49.6 Å². The predicted molar refractivity (Wildman–Crippen MR) is 78.0 cm³/mol. The molecule has 0 aromatic carbocycles. The van der Waals surface area contributed by atoms with Gasteiger partial charge in [0.2, 0.25) is 5.91 Å². The Hall–Kier alpha value is -0.610. The van der Waals surface area contributed by atoms with E-state index in [0.717, 1.165) is 26.1 Å². The van der Waals surface area contributed by atoms with E-state index >= 15 is 0 Å². The zero-order valence-electron chi connectivity index (χ0n) is 12.5. The standard InChI is InChI=1S/C15H29N3O/c1-12-8-14(10-16-9-12)15(19)17-13(2)11-18-6-4-3-5-7-18/h12-14,16H,3-11H2,1-2H3,(H,17,19). The van der Waals surface area contributed by atoms with Gasteiger partial charge in [0, 0.05) is 19.1 Å². The summed E-state index contributed by atoms with van der Waals surface area (Å²) in [6.45, 7) is 9.63. The van der Waals surface area contributed by atoms with Crippen LogP contribution in [0.1, 0.15) is 39.5 Å².